The molecule has 1 heterocycles. The summed E-state index contributed by atoms with van der Waals surface area (Å²) in [4.78, 5) is 26.7. The van der Waals surface area contributed by atoms with Gasteiger partial charge in [0.25, 0.3) is 0 Å². The van der Waals surface area contributed by atoms with E-state index in [2.05, 4.69) is 4.98 Å². The van der Waals surface area contributed by atoms with E-state index in [1.54, 1.807) is 25.1 Å². The lowest BCUT2D eigenvalue weighted by molar-refractivity contribution is 0.0528. The minimum absolute atomic E-state index is 0.228. The van der Waals surface area contributed by atoms with Crippen LogP contribution in [0.5, 0.6) is 0 Å². The topological polar surface area (TPSA) is 56.3 Å². The molecule has 0 radical (unpaired) electrons. The summed E-state index contributed by atoms with van der Waals surface area (Å²) >= 11 is 0. The summed E-state index contributed by atoms with van der Waals surface area (Å²) in [7, 11) is 0. The second-order valence-electron chi connectivity index (χ2n) is 3.45. The lowest BCUT2D eigenvalue weighted by atomic mass is 10.1. The highest BCUT2D eigenvalue weighted by atomic mass is 16.5. The zero-order chi connectivity index (χ0) is 12.3. The van der Waals surface area contributed by atoms with Crippen molar-refractivity contribution in [3.05, 3.63) is 41.6 Å². The fourth-order valence-electron chi connectivity index (χ4n) is 1.63. The molecule has 0 spiro atoms. The number of fused-ring (bicyclic) bond motifs is 1. The predicted octanol–water partition coefficient (Wildman–Crippen LogP) is 2.22. The number of pyridine rings is 1. The minimum Gasteiger partial charge on any atom is -0.462 e. The fourth-order valence-corrected chi connectivity index (χ4v) is 1.63. The summed E-state index contributed by atoms with van der Waals surface area (Å²) < 4.78 is 4.95. The van der Waals surface area contributed by atoms with Gasteiger partial charge in [-0.25, -0.2) is 9.78 Å². The Labute approximate surface area is 98.2 Å². The Hall–Kier alpha value is -2.23. The smallest absolute Gasteiger partial charge is 0.338 e. The van der Waals surface area contributed by atoms with Gasteiger partial charge in [-0.05, 0) is 19.1 Å². The highest BCUT2D eigenvalue weighted by Crippen LogP contribution is 2.18. The second-order valence-corrected chi connectivity index (χ2v) is 3.45. The normalized spacial score (nSPS) is 10.2. The molecule has 1 aromatic heterocycles. The number of hydrogen-bond acceptors (Lipinski definition) is 4. The van der Waals surface area contributed by atoms with E-state index in [0.29, 0.717) is 29.4 Å². The summed E-state index contributed by atoms with van der Waals surface area (Å²) in [6.07, 6.45) is 0.620. The maximum atomic E-state index is 11.8. The molecule has 0 fully saturated rings. The fraction of sp³-hybridized carbons (Fsp3) is 0.154. The molecule has 86 valence electrons. The van der Waals surface area contributed by atoms with Gasteiger partial charge in [0.1, 0.15) is 5.69 Å². The average Bonchev–Trinajstić information content (AvgIpc) is 2.37. The largest absolute Gasteiger partial charge is 0.462 e. The highest BCUT2D eigenvalue weighted by molar-refractivity contribution is 6.04. The summed E-state index contributed by atoms with van der Waals surface area (Å²) in [5, 5.41) is 0.691. The quantitative estimate of drug-likeness (QED) is 0.598. The number of aldehydes is 1. The SMILES string of the molecule is CCOC(=O)c1cc(C=O)nc2ccccc12. The van der Waals surface area contributed by atoms with Crippen LogP contribution in [0.25, 0.3) is 10.9 Å². The molecule has 1 aromatic carbocycles. The molecule has 4 heteroatoms. The Kier molecular flexibility index (Phi) is 3.14. The van der Waals surface area contributed by atoms with Crippen molar-refractivity contribution in [1.29, 1.82) is 0 Å². The van der Waals surface area contributed by atoms with E-state index >= 15 is 0 Å². The molecule has 0 aliphatic carbocycles. The van der Waals surface area contributed by atoms with Crippen molar-refractivity contribution in [3.63, 3.8) is 0 Å². The molecule has 0 saturated heterocycles. The van der Waals surface area contributed by atoms with E-state index in [-0.39, 0.29) is 5.69 Å². The summed E-state index contributed by atoms with van der Waals surface area (Å²) in [5.41, 5.74) is 1.21. The van der Waals surface area contributed by atoms with Gasteiger partial charge in [0.2, 0.25) is 0 Å². The van der Waals surface area contributed by atoms with Gasteiger partial charge in [-0.15, -0.1) is 0 Å². The van der Waals surface area contributed by atoms with Crippen LogP contribution < -0.4 is 0 Å². The molecule has 0 aliphatic rings. The Morgan fingerprint density at radius 2 is 2.18 bits per heavy atom. The van der Waals surface area contributed by atoms with Gasteiger partial charge in [-0.2, -0.15) is 0 Å². The number of esters is 1. The van der Waals surface area contributed by atoms with Crippen molar-refractivity contribution in [2.24, 2.45) is 0 Å². The summed E-state index contributed by atoms with van der Waals surface area (Å²) in [6, 6.07) is 8.60. The number of carbonyl (C=O) groups excluding carboxylic acids is 2. The lowest BCUT2D eigenvalue weighted by Gasteiger charge is -2.06. The Balaban J connectivity index is 2.66. The van der Waals surface area contributed by atoms with Crippen LogP contribution in [0.3, 0.4) is 0 Å². The van der Waals surface area contributed by atoms with Gasteiger partial charge in [0.05, 0.1) is 17.7 Å². The lowest BCUT2D eigenvalue weighted by Crippen LogP contribution is -2.07. The van der Waals surface area contributed by atoms with Crippen molar-refractivity contribution in [3.8, 4) is 0 Å². The van der Waals surface area contributed by atoms with Crippen LogP contribution >= 0.6 is 0 Å². The van der Waals surface area contributed by atoms with Gasteiger partial charge < -0.3 is 4.74 Å². The zero-order valence-corrected chi connectivity index (χ0v) is 9.34. The average molecular weight is 229 g/mol. The van der Waals surface area contributed by atoms with E-state index in [4.69, 9.17) is 4.74 Å². The number of para-hydroxylation sites is 1. The maximum Gasteiger partial charge on any atom is 0.338 e. The molecule has 0 N–H and O–H groups in total. The van der Waals surface area contributed by atoms with Crippen LogP contribution in [0.4, 0.5) is 0 Å². The standard InChI is InChI=1S/C13H11NO3/c1-2-17-13(16)11-7-9(8-15)14-12-6-4-3-5-10(11)12/h3-8H,2H2,1H3. The predicted molar refractivity (Wildman–Crippen MR) is 63.1 cm³/mol. The van der Waals surface area contributed by atoms with Gasteiger partial charge >= 0.3 is 5.97 Å². The molecule has 0 bridgehead atoms. The third-order valence-electron chi connectivity index (χ3n) is 2.35. The molecule has 0 unspecified atom stereocenters. The Bertz CT molecular complexity index is 578. The zero-order valence-electron chi connectivity index (χ0n) is 9.34. The summed E-state index contributed by atoms with van der Waals surface area (Å²) in [5.74, 6) is -0.436. The van der Waals surface area contributed by atoms with Crippen molar-refractivity contribution < 1.29 is 14.3 Å². The molecule has 17 heavy (non-hydrogen) atoms. The first-order valence-electron chi connectivity index (χ1n) is 5.28. The van der Waals surface area contributed by atoms with Gasteiger partial charge in [0, 0.05) is 5.39 Å². The van der Waals surface area contributed by atoms with E-state index in [9.17, 15) is 9.59 Å². The van der Waals surface area contributed by atoms with Crippen LogP contribution in [-0.2, 0) is 4.74 Å². The van der Waals surface area contributed by atoms with E-state index in [0.717, 1.165) is 0 Å². The first kappa shape index (κ1) is 11.3. The van der Waals surface area contributed by atoms with Crippen LogP contribution in [0.15, 0.2) is 30.3 Å². The molecular weight excluding hydrogens is 218 g/mol. The molecule has 2 aromatic rings. The molecular formula is C13H11NO3. The first-order valence-corrected chi connectivity index (χ1v) is 5.28. The first-order chi connectivity index (χ1) is 8.26. The molecule has 4 nitrogen and oxygen atoms in total. The molecule has 2 rings (SSSR count). The maximum absolute atomic E-state index is 11.8. The van der Waals surface area contributed by atoms with Gasteiger partial charge in [-0.1, -0.05) is 18.2 Å². The number of rotatable bonds is 3. The van der Waals surface area contributed by atoms with E-state index < -0.39 is 5.97 Å². The van der Waals surface area contributed by atoms with Crippen molar-refractivity contribution in [1.82, 2.24) is 4.98 Å². The molecule has 0 atom stereocenters. The third-order valence-corrected chi connectivity index (χ3v) is 2.35. The number of hydrogen-bond donors (Lipinski definition) is 0. The van der Waals surface area contributed by atoms with Crippen molar-refractivity contribution >= 4 is 23.2 Å². The number of benzene rings is 1. The Morgan fingerprint density at radius 3 is 2.88 bits per heavy atom. The highest BCUT2D eigenvalue weighted by Gasteiger charge is 2.13. The monoisotopic (exact) mass is 229 g/mol. The Morgan fingerprint density at radius 1 is 1.41 bits per heavy atom. The van der Waals surface area contributed by atoms with Crippen molar-refractivity contribution in [2.45, 2.75) is 6.92 Å². The van der Waals surface area contributed by atoms with Gasteiger partial charge in [-0.3, -0.25) is 4.79 Å². The minimum atomic E-state index is -0.436. The van der Waals surface area contributed by atoms with Crippen LogP contribution in [0.1, 0.15) is 27.8 Å². The molecule has 0 aliphatic heterocycles. The number of aromatic nitrogens is 1. The number of carbonyl (C=O) groups is 2. The second kappa shape index (κ2) is 4.74. The van der Waals surface area contributed by atoms with Crippen LogP contribution in [0.2, 0.25) is 0 Å². The molecule has 0 saturated carbocycles. The van der Waals surface area contributed by atoms with Crippen molar-refractivity contribution in [2.75, 3.05) is 6.61 Å². The van der Waals surface area contributed by atoms with E-state index in [1.807, 2.05) is 6.07 Å². The van der Waals surface area contributed by atoms with Crippen LogP contribution in [-0.4, -0.2) is 23.8 Å². The number of ether oxygens (including phenoxy) is 1. The third kappa shape index (κ3) is 2.15. The van der Waals surface area contributed by atoms with E-state index in [1.165, 1.54) is 6.07 Å². The number of nitrogens with zero attached hydrogens (tertiary/aromatic N) is 1. The summed E-state index contributed by atoms with van der Waals surface area (Å²) in [6.45, 7) is 2.04. The van der Waals surface area contributed by atoms with Gasteiger partial charge in [0.15, 0.2) is 6.29 Å². The molecule has 0 amide bonds. The van der Waals surface area contributed by atoms with Crippen LogP contribution in [0, 0.1) is 0 Å².